The van der Waals surface area contributed by atoms with E-state index in [4.69, 9.17) is 4.74 Å². The number of hydrogen-bond acceptors (Lipinski definition) is 1. The van der Waals surface area contributed by atoms with Crippen LogP contribution in [0.15, 0.2) is 0 Å². The Hall–Kier alpha value is -0.0400. The van der Waals surface area contributed by atoms with Crippen molar-refractivity contribution in [3.05, 3.63) is 0 Å². The minimum Gasteiger partial charge on any atom is -0.378 e. The maximum atomic E-state index is 5.64. The summed E-state index contributed by atoms with van der Waals surface area (Å²) in [6.07, 6.45) is 4.34. The Morgan fingerprint density at radius 3 is 2.64 bits per heavy atom. The second-order valence-electron chi connectivity index (χ2n) is 3.74. The Labute approximate surface area is 70.1 Å². The van der Waals surface area contributed by atoms with Gasteiger partial charge in [-0.1, -0.05) is 27.2 Å². The van der Waals surface area contributed by atoms with Crippen LogP contribution in [0.25, 0.3) is 0 Å². The fourth-order valence-corrected chi connectivity index (χ4v) is 1.75. The normalized spacial score (nSPS) is 34.1. The van der Waals surface area contributed by atoms with Crippen LogP contribution in [0.2, 0.25) is 0 Å². The molecule has 1 rings (SSSR count). The smallest absolute Gasteiger partial charge is 0.0576 e. The Kier molecular flexibility index (Phi) is 3.38. The van der Waals surface area contributed by atoms with Gasteiger partial charge in [-0.3, -0.25) is 0 Å². The molecule has 3 unspecified atom stereocenters. The lowest BCUT2D eigenvalue weighted by Crippen LogP contribution is -2.10. The van der Waals surface area contributed by atoms with Gasteiger partial charge >= 0.3 is 0 Å². The van der Waals surface area contributed by atoms with Crippen molar-refractivity contribution in [2.24, 2.45) is 11.8 Å². The average Bonchev–Trinajstić information content (AvgIpc) is 2.50. The molecule has 1 nitrogen and oxygen atoms in total. The van der Waals surface area contributed by atoms with E-state index in [2.05, 4.69) is 20.8 Å². The maximum Gasteiger partial charge on any atom is 0.0576 e. The van der Waals surface area contributed by atoms with E-state index in [0.717, 1.165) is 18.4 Å². The molecule has 0 aromatic rings. The molecule has 1 fully saturated rings. The van der Waals surface area contributed by atoms with Gasteiger partial charge < -0.3 is 4.74 Å². The van der Waals surface area contributed by atoms with Crippen molar-refractivity contribution in [2.75, 3.05) is 6.61 Å². The van der Waals surface area contributed by atoms with Crippen molar-refractivity contribution in [2.45, 2.75) is 46.1 Å². The second-order valence-corrected chi connectivity index (χ2v) is 3.74. The van der Waals surface area contributed by atoms with Gasteiger partial charge in [0.15, 0.2) is 0 Å². The van der Waals surface area contributed by atoms with Gasteiger partial charge in [0.1, 0.15) is 0 Å². The van der Waals surface area contributed by atoms with Crippen molar-refractivity contribution < 1.29 is 4.74 Å². The monoisotopic (exact) mass is 156 g/mol. The van der Waals surface area contributed by atoms with Crippen LogP contribution in [0, 0.1) is 11.8 Å². The van der Waals surface area contributed by atoms with Crippen LogP contribution in [0.3, 0.4) is 0 Å². The summed E-state index contributed by atoms with van der Waals surface area (Å²) >= 11 is 0. The van der Waals surface area contributed by atoms with Gasteiger partial charge in [-0.05, 0) is 24.7 Å². The molecule has 0 N–H and O–H groups in total. The van der Waals surface area contributed by atoms with E-state index in [0.29, 0.717) is 6.10 Å². The zero-order valence-corrected chi connectivity index (χ0v) is 7.97. The van der Waals surface area contributed by atoms with E-state index in [1.807, 2.05) is 0 Å². The molecule has 0 amide bonds. The van der Waals surface area contributed by atoms with Crippen molar-refractivity contribution in [1.29, 1.82) is 0 Å². The highest BCUT2D eigenvalue weighted by Gasteiger charge is 2.27. The van der Waals surface area contributed by atoms with E-state index in [1.54, 1.807) is 0 Å². The molecule has 3 atom stereocenters. The molecule has 11 heavy (non-hydrogen) atoms. The lowest BCUT2D eigenvalue weighted by Gasteiger charge is -2.14. The van der Waals surface area contributed by atoms with E-state index in [-0.39, 0.29) is 0 Å². The van der Waals surface area contributed by atoms with E-state index >= 15 is 0 Å². The summed E-state index contributed by atoms with van der Waals surface area (Å²) in [4.78, 5) is 0. The largest absolute Gasteiger partial charge is 0.378 e. The van der Waals surface area contributed by atoms with Crippen LogP contribution in [-0.2, 0) is 4.74 Å². The van der Waals surface area contributed by atoms with E-state index in [1.165, 1.54) is 19.3 Å². The summed E-state index contributed by atoms with van der Waals surface area (Å²) in [7, 11) is 0. The van der Waals surface area contributed by atoms with Crippen LogP contribution in [-0.4, -0.2) is 12.7 Å². The summed E-state index contributed by atoms with van der Waals surface area (Å²) in [6, 6.07) is 0. The highest BCUT2D eigenvalue weighted by Crippen LogP contribution is 2.29. The Morgan fingerprint density at radius 2 is 2.18 bits per heavy atom. The van der Waals surface area contributed by atoms with Crippen LogP contribution in [0.4, 0.5) is 0 Å². The van der Waals surface area contributed by atoms with E-state index in [9.17, 15) is 0 Å². The summed E-state index contributed by atoms with van der Waals surface area (Å²) in [6.45, 7) is 7.83. The molecule has 0 radical (unpaired) electrons. The molecule has 0 aromatic heterocycles. The van der Waals surface area contributed by atoms with E-state index < -0.39 is 0 Å². The highest BCUT2D eigenvalue weighted by molar-refractivity contribution is 4.75. The van der Waals surface area contributed by atoms with Crippen LogP contribution >= 0.6 is 0 Å². The van der Waals surface area contributed by atoms with Gasteiger partial charge in [-0.2, -0.15) is 0 Å². The number of rotatable bonds is 3. The first-order valence-corrected chi connectivity index (χ1v) is 4.89. The standard InChI is InChI=1S/C10H20O/c1-4-8(3)9-6-10(5-2)11-7-9/h8-10H,4-7H2,1-3H3. The molecule has 1 aliphatic heterocycles. The molecule has 0 aromatic carbocycles. The molecule has 0 spiro atoms. The molecule has 1 heterocycles. The van der Waals surface area contributed by atoms with Gasteiger partial charge in [0.25, 0.3) is 0 Å². The fourth-order valence-electron chi connectivity index (χ4n) is 1.75. The first-order chi connectivity index (χ1) is 5.27. The van der Waals surface area contributed by atoms with Crippen LogP contribution in [0.5, 0.6) is 0 Å². The summed E-state index contributed by atoms with van der Waals surface area (Å²) in [5.74, 6) is 1.69. The Balaban J connectivity index is 2.29. The molecule has 1 heteroatoms. The van der Waals surface area contributed by atoms with Gasteiger partial charge in [0.05, 0.1) is 12.7 Å². The second kappa shape index (κ2) is 4.10. The average molecular weight is 156 g/mol. The lowest BCUT2D eigenvalue weighted by atomic mass is 9.89. The van der Waals surface area contributed by atoms with Crippen molar-refractivity contribution in [3.8, 4) is 0 Å². The van der Waals surface area contributed by atoms with Gasteiger partial charge in [-0.25, -0.2) is 0 Å². The molecule has 66 valence electrons. The summed E-state index contributed by atoms with van der Waals surface area (Å²) in [5.41, 5.74) is 0. The van der Waals surface area contributed by atoms with Crippen LogP contribution < -0.4 is 0 Å². The molecule has 1 aliphatic rings. The predicted octanol–water partition coefficient (Wildman–Crippen LogP) is 2.85. The predicted molar refractivity (Wildman–Crippen MR) is 47.6 cm³/mol. The molecule has 0 saturated carbocycles. The third kappa shape index (κ3) is 2.19. The SMILES string of the molecule is CCC1CC(C(C)CC)CO1. The number of ether oxygens (including phenoxy) is 1. The zero-order valence-electron chi connectivity index (χ0n) is 7.97. The number of hydrogen-bond donors (Lipinski definition) is 0. The minimum absolute atomic E-state index is 0.564. The topological polar surface area (TPSA) is 9.23 Å². The quantitative estimate of drug-likeness (QED) is 0.610. The lowest BCUT2D eigenvalue weighted by molar-refractivity contribution is 0.100. The van der Waals surface area contributed by atoms with Crippen LogP contribution in [0.1, 0.15) is 40.0 Å². The molecule has 0 bridgehead atoms. The zero-order chi connectivity index (χ0) is 8.27. The molecular formula is C10H20O. The Bertz CT molecular complexity index is 111. The summed E-state index contributed by atoms with van der Waals surface area (Å²) in [5, 5.41) is 0. The molecule has 0 aliphatic carbocycles. The first kappa shape index (κ1) is 9.05. The highest BCUT2D eigenvalue weighted by atomic mass is 16.5. The third-order valence-corrected chi connectivity index (χ3v) is 3.02. The van der Waals surface area contributed by atoms with Gasteiger partial charge in [-0.15, -0.1) is 0 Å². The van der Waals surface area contributed by atoms with Gasteiger partial charge in [0, 0.05) is 0 Å². The first-order valence-electron chi connectivity index (χ1n) is 4.89. The van der Waals surface area contributed by atoms with Crippen molar-refractivity contribution in [3.63, 3.8) is 0 Å². The third-order valence-electron chi connectivity index (χ3n) is 3.02. The molecule has 1 saturated heterocycles. The fraction of sp³-hybridized carbons (Fsp3) is 1.00. The van der Waals surface area contributed by atoms with Crippen molar-refractivity contribution in [1.82, 2.24) is 0 Å². The minimum atomic E-state index is 0.564. The maximum absolute atomic E-state index is 5.64. The van der Waals surface area contributed by atoms with Crippen molar-refractivity contribution >= 4 is 0 Å². The summed E-state index contributed by atoms with van der Waals surface area (Å²) < 4.78 is 5.64. The Morgan fingerprint density at radius 1 is 1.45 bits per heavy atom. The van der Waals surface area contributed by atoms with Gasteiger partial charge in [0.2, 0.25) is 0 Å². The molecular weight excluding hydrogens is 136 g/mol.